The first kappa shape index (κ1) is 17.0. The average molecular weight is 335 g/mol. The van der Waals surface area contributed by atoms with Gasteiger partial charge >= 0.3 is 0 Å². The van der Waals surface area contributed by atoms with E-state index < -0.39 is 34.9 Å². The van der Waals surface area contributed by atoms with Gasteiger partial charge in [0.15, 0.2) is 11.6 Å². The van der Waals surface area contributed by atoms with Crippen molar-refractivity contribution in [2.45, 2.75) is 0 Å². The lowest BCUT2D eigenvalue weighted by Crippen LogP contribution is -2.32. The molecule has 0 aromatic heterocycles. The highest BCUT2D eigenvalue weighted by Crippen LogP contribution is 2.13. The summed E-state index contributed by atoms with van der Waals surface area (Å²) in [7, 11) is 0. The Hall–Kier alpha value is -3.36. The monoisotopic (exact) mass is 335 g/mol. The van der Waals surface area contributed by atoms with Gasteiger partial charge in [-0.15, -0.1) is 0 Å². The van der Waals surface area contributed by atoms with Crippen LogP contribution in [-0.4, -0.2) is 23.3 Å². The Labute approximate surface area is 134 Å². The summed E-state index contributed by atoms with van der Waals surface area (Å²) in [5.74, 6) is -3.40. The SMILES string of the molecule is O=C(CNC(=O)c1ccc([N+](=O)[O-])cc1)Nc1ccc(F)c(F)c1. The molecule has 0 aliphatic carbocycles. The van der Waals surface area contributed by atoms with E-state index in [2.05, 4.69) is 10.6 Å². The van der Waals surface area contributed by atoms with Gasteiger partial charge in [0, 0.05) is 29.4 Å². The fraction of sp³-hybridized carbons (Fsp3) is 0.0667. The molecule has 9 heteroatoms. The van der Waals surface area contributed by atoms with Crippen LogP contribution in [0.3, 0.4) is 0 Å². The molecule has 0 aliphatic heterocycles. The maximum Gasteiger partial charge on any atom is 0.269 e. The molecule has 0 radical (unpaired) electrons. The number of benzene rings is 2. The fourth-order valence-electron chi connectivity index (χ4n) is 1.78. The number of hydrogen-bond donors (Lipinski definition) is 2. The summed E-state index contributed by atoms with van der Waals surface area (Å²) >= 11 is 0. The molecule has 0 fully saturated rings. The number of carbonyl (C=O) groups is 2. The number of hydrogen-bond acceptors (Lipinski definition) is 4. The number of carbonyl (C=O) groups excluding carboxylic acids is 2. The molecule has 2 N–H and O–H groups in total. The van der Waals surface area contributed by atoms with Gasteiger partial charge in [-0.1, -0.05) is 0 Å². The van der Waals surface area contributed by atoms with E-state index >= 15 is 0 Å². The van der Waals surface area contributed by atoms with Gasteiger partial charge in [0.25, 0.3) is 11.6 Å². The third-order valence-electron chi connectivity index (χ3n) is 2.95. The number of nitro groups is 1. The Balaban J connectivity index is 1.89. The van der Waals surface area contributed by atoms with E-state index in [-0.39, 0.29) is 16.9 Å². The van der Waals surface area contributed by atoms with Crippen LogP contribution in [0.5, 0.6) is 0 Å². The molecule has 0 saturated carbocycles. The van der Waals surface area contributed by atoms with Crippen molar-refractivity contribution in [3.05, 3.63) is 69.8 Å². The van der Waals surface area contributed by atoms with Crippen LogP contribution in [0.4, 0.5) is 20.2 Å². The predicted molar refractivity (Wildman–Crippen MR) is 80.4 cm³/mol. The summed E-state index contributed by atoms with van der Waals surface area (Å²) in [4.78, 5) is 33.4. The molecule has 7 nitrogen and oxygen atoms in total. The number of nitro benzene ring substituents is 1. The Bertz CT molecular complexity index is 794. The molecule has 24 heavy (non-hydrogen) atoms. The zero-order valence-electron chi connectivity index (χ0n) is 12.1. The standard InChI is InChI=1S/C15H11F2N3O4/c16-12-6-3-10(7-13(12)17)19-14(21)8-18-15(22)9-1-4-11(5-2-9)20(23)24/h1-7H,8H2,(H,18,22)(H,19,21). The lowest BCUT2D eigenvalue weighted by Gasteiger charge is -2.07. The first-order chi connectivity index (χ1) is 11.4. The van der Waals surface area contributed by atoms with Crippen molar-refractivity contribution in [2.75, 3.05) is 11.9 Å². The second-order valence-corrected chi connectivity index (χ2v) is 4.66. The third-order valence-corrected chi connectivity index (χ3v) is 2.95. The smallest absolute Gasteiger partial charge is 0.269 e. The number of non-ortho nitro benzene ring substituents is 1. The Kier molecular flexibility index (Phi) is 5.15. The van der Waals surface area contributed by atoms with Crippen molar-refractivity contribution in [3.63, 3.8) is 0 Å². The van der Waals surface area contributed by atoms with Crippen LogP contribution in [0.15, 0.2) is 42.5 Å². The van der Waals surface area contributed by atoms with E-state index in [1.807, 2.05) is 0 Å². The lowest BCUT2D eigenvalue weighted by molar-refractivity contribution is -0.384. The minimum absolute atomic E-state index is 0.0449. The summed E-state index contributed by atoms with van der Waals surface area (Å²) in [6.07, 6.45) is 0. The molecule has 2 rings (SSSR count). The average Bonchev–Trinajstić information content (AvgIpc) is 2.56. The highest BCUT2D eigenvalue weighted by atomic mass is 19.2. The van der Waals surface area contributed by atoms with Gasteiger partial charge in [-0.05, 0) is 24.3 Å². The van der Waals surface area contributed by atoms with Crippen LogP contribution in [0.1, 0.15) is 10.4 Å². The maximum absolute atomic E-state index is 13.0. The van der Waals surface area contributed by atoms with Crippen molar-refractivity contribution in [1.82, 2.24) is 5.32 Å². The van der Waals surface area contributed by atoms with Gasteiger partial charge < -0.3 is 10.6 Å². The van der Waals surface area contributed by atoms with Gasteiger partial charge in [-0.3, -0.25) is 19.7 Å². The van der Waals surface area contributed by atoms with Crippen molar-refractivity contribution in [3.8, 4) is 0 Å². The van der Waals surface area contributed by atoms with Crippen molar-refractivity contribution in [1.29, 1.82) is 0 Å². The van der Waals surface area contributed by atoms with E-state index in [4.69, 9.17) is 0 Å². The fourth-order valence-corrected chi connectivity index (χ4v) is 1.78. The zero-order valence-corrected chi connectivity index (χ0v) is 12.1. The van der Waals surface area contributed by atoms with E-state index in [9.17, 15) is 28.5 Å². The van der Waals surface area contributed by atoms with Crippen LogP contribution in [-0.2, 0) is 4.79 Å². The van der Waals surface area contributed by atoms with Gasteiger partial charge in [0.2, 0.25) is 5.91 Å². The number of rotatable bonds is 5. The molecule has 0 unspecified atom stereocenters. The highest BCUT2D eigenvalue weighted by Gasteiger charge is 2.11. The molecule has 0 heterocycles. The highest BCUT2D eigenvalue weighted by molar-refractivity contribution is 5.99. The summed E-state index contributed by atoms with van der Waals surface area (Å²) in [5.41, 5.74) is 0.0207. The molecular formula is C15H11F2N3O4. The predicted octanol–water partition coefficient (Wildman–Crippen LogP) is 2.24. The quantitative estimate of drug-likeness (QED) is 0.646. The Morgan fingerprint density at radius 1 is 1.04 bits per heavy atom. The number of amides is 2. The van der Waals surface area contributed by atoms with E-state index in [1.54, 1.807) is 0 Å². The normalized spacial score (nSPS) is 10.1. The van der Waals surface area contributed by atoms with Crippen LogP contribution in [0.2, 0.25) is 0 Å². The molecule has 0 atom stereocenters. The zero-order chi connectivity index (χ0) is 17.7. The molecule has 0 bridgehead atoms. The molecule has 2 aromatic carbocycles. The van der Waals surface area contributed by atoms with Crippen molar-refractivity contribution >= 4 is 23.2 Å². The maximum atomic E-state index is 13.0. The first-order valence-electron chi connectivity index (χ1n) is 6.64. The minimum atomic E-state index is -1.11. The summed E-state index contributed by atoms with van der Waals surface area (Å²) < 4.78 is 25.8. The van der Waals surface area contributed by atoms with Gasteiger partial charge in [0.1, 0.15) is 0 Å². The minimum Gasteiger partial charge on any atom is -0.343 e. The van der Waals surface area contributed by atoms with Crippen LogP contribution < -0.4 is 10.6 Å². The van der Waals surface area contributed by atoms with Gasteiger partial charge in [-0.2, -0.15) is 0 Å². The number of nitrogens with zero attached hydrogens (tertiary/aromatic N) is 1. The van der Waals surface area contributed by atoms with Crippen LogP contribution >= 0.6 is 0 Å². The lowest BCUT2D eigenvalue weighted by atomic mass is 10.2. The second kappa shape index (κ2) is 7.27. The van der Waals surface area contributed by atoms with Gasteiger partial charge in [0.05, 0.1) is 11.5 Å². The Morgan fingerprint density at radius 2 is 1.71 bits per heavy atom. The van der Waals surface area contributed by atoms with Crippen LogP contribution in [0, 0.1) is 21.7 Å². The van der Waals surface area contributed by atoms with E-state index in [1.165, 1.54) is 18.2 Å². The van der Waals surface area contributed by atoms with Crippen molar-refractivity contribution in [2.24, 2.45) is 0 Å². The summed E-state index contributed by atoms with van der Waals surface area (Å²) in [6, 6.07) is 7.67. The third kappa shape index (κ3) is 4.32. The molecule has 124 valence electrons. The van der Waals surface area contributed by atoms with Crippen molar-refractivity contribution < 1.29 is 23.3 Å². The molecule has 0 saturated heterocycles. The molecule has 2 aromatic rings. The Morgan fingerprint density at radius 3 is 2.29 bits per heavy atom. The first-order valence-corrected chi connectivity index (χ1v) is 6.64. The number of anilines is 1. The summed E-state index contributed by atoms with van der Waals surface area (Å²) in [5, 5.41) is 15.1. The molecule has 2 amide bonds. The topological polar surface area (TPSA) is 101 Å². The number of halogens is 2. The largest absolute Gasteiger partial charge is 0.343 e. The molecule has 0 aliphatic rings. The van der Waals surface area contributed by atoms with Gasteiger partial charge in [-0.25, -0.2) is 8.78 Å². The van der Waals surface area contributed by atoms with E-state index in [0.717, 1.165) is 24.3 Å². The summed E-state index contributed by atoms with van der Waals surface area (Å²) in [6.45, 7) is -0.408. The van der Waals surface area contributed by atoms with E-state index in [0.29, 0.717) is 0 Å². The molecular weight excluding hydrogens is 324 g/mol. The number of nitrogens with one attached hydrogen (secondary N) is 2. The molecule has 0 spiro atoms. The second-order valence-electron chi connectivity index (χ2n) is 4.66. The van der Waals surface area contributed by atoms with Crippen LogP contribution in [0.25, 0.3) is 0 Å².